The number of rotatable bonds is 1. The first-order chi connectivity index (χ1) is 7.51. The summed E-state index contributed by atoms with van der Waals surface area (Å²) in [7, 11) is -2.86. The largest absolute Gasteiger partial charge is 0.306 e. The maximum absolute atomic E-state index is 11.5. The Morgan fingerprint density at radius 1 is 1.50 bits per heavy atom. The van der Waals surface area contributed by atoms with Crippen LogP contribution >= 0.6 is 11.3 Å². The molecule has 1 aromatic heterocycles. The number of hydrogen-bond donors (Lipinski definition) is 1. The lowest BCUT2D eigenvalue weighted by molar-refractivity contribution is 0.185. The van der Waals surface area contributed by atoms with Crippen molar-refractivity contribution in [3.63, 3.8) is 0 Å². The molecule has 1 aromatic rings. The van der Waals surface area contributed by atoms with E-state index in [1.807, 2.05) is 0 Å². The number of sulfone groups is 1. The van der Waals surface area contributed by atoms with Gasteiger partial charge in [-0.25, -0.2) is 8.42 Å². The van der Waals surface area contributed by atoms with Crippen molar-refractivity contribution >= 4 is 21.2 Å². The van der Waals surface area contributed by atoms with Crippen molar-refractivity contribution < 1.29 is 8.42 Å². The summed E-state index contributed by atoms with van der Waals surface area (Å²) in [4.78, 5) is 1.37. The molecular weight excluding hydrogens is 242 g/mol. The van der Waals surface area contributed by atoms with E-state index in [1.54, 1.807) is 11.3 Å². The molecule has 2 aliphatic rings. The Morgan fingerprint density at radius 2 is 2.25 bits per heavy atom. The minimum absolute atomic E-state index is 0.0184. The second kappa shape index (κ2) is 3.31. The molecule has 0 radical (unpaired) electrons. The predicted octanol–water partition coefficient (Wildman–Crippen LogP) is 1.30. The highest BCUT2D eigenvalue weighted by Gasteiger charge is 2.51. The highest BCUT2D eigenvalue weighted by atomic mass is 32.2. The molecule has 2 heterocycles. The van der Waals surface area contributed by atoms with Crippen molar-refractivity contribution in [3.8, 4) is 0 Å². The first-order valence-corrected chi connectivity index (χ1v) is 8.35. The zero-order valence-electron chi connectivity index (χ0n) is 9.19. The fraction of sp³-hybridized carbons (Fsp3) is 0.636. The van der Waals surface area contributed by atoms with Crippen LogP contribution in [0, 0.1) is 0 Å². The van der Waals surface area contributed by atoms with Gasteiger partial charge in [0.05, 0.1) is 10.8 Å². The Bertz CT molecular complexity index is 512. The lowest BCUT2D eigenvalue weighted by atomic mass is 9.72. The van der Waals surface area contributed by atoms with E-state index >= 15 is 0 Å². The van der Waals surface area contributed by atoms with Gasteiger partial charge in [0.25, 0.3) is 0 Å². The molecule has 1 fully saturated rings. The van der Waals surface area contributed by atoms with Crippen LogP contribution in [0.3, 0.4) is 0 Å². The monoisotopic (exact) mass is 257 g/mol. The summed E-state index contributed by atoms with van der Waals surface area (Å²) >= 11 is 1.76. The van der Waals surface area contributed by atoms with Crippen LogP contribution in [0.15, 0.2) is 11.4 Å². The second-order valence-electron chi connectivity index (χ2n) is 4.89. The Balaban J connectivity index is 1.90. The topological polar surface area (TPSA) is 46.2 Å². The lowest BCUT2D eigenvalue weighted by Crippen LogP contribution is -2.58. The summed E-state index contributed by atoms with van der Waals surface area (Å²) < 4.78 is 22.9. The van der Waals surface area contributed by atoms with Gasteiger partial charge in [-0.15, -0.1) is 11.3 Å². The molecule has 0 amide bonds. The van der Waals surface area contributed by atoms with Crippen molar-refractivity contribution in [2.75, 3.05) is 12.8 Å². The molecule has 3 rings (SSSR count). The SMILES string of the molecule is CS(=O)(=O)C1CC2(C1)NCCc1ccsc12. The summed E-state index contributed by atoms with van der Waals surface area (Å²) in [5.74, 6) is 0. The van der Waals surface area contributed by atoms with Crippen LogP contribution in [0.2, 0.25) is 0 Å². The molecule has 1 spiro atoms. The Labute approximate surface area is 99.8 Å². The average molecular weight is 257 g/mol. The molecule has 0 saturated heterocycles. The van der Waals surface area contributed by atoms with Crippen LogP contribution in [0.25, 0.3) is 0 Å². The van der Waals surface area contributed by atoms with E-state index in [-0.39, 0.29) is 10.8 Å². The third-order valence-corrected chi connectivity index (χ3v) is 6.50. The quantitative estimate of drug-likeness (QED) is 0.825. The van der Waals surface area contributed by atoms with Gasteiger partial charge in [-0.3, -0.25) is 0 Å². The fourth-order valence-electron chi connectivity index (χ4n) is 2.82. The van der Waals surface area contributed by atoms with Gasteiger partial charge in [-0.05, 0) is 36.3 Å². The first kappa shape index (κ1) is 10.7. The number of fused-ring (bicyclic) bond motifs is 2. The van der Waals surface area contributed by atoms with Crippen molar-refractivity contribution in [3.05, 3.63) is 21.9 Å². The molecule has 1 N–H and O–H groups in total. The second-order valence-corrected chi connectivity index (χ2v) is 8.14. The third-order valence-electron chi connectivity index (χ3n) is 3.80. The number of nitrogens with one attached hydrogen (secondary N) is 1. The number of thiophene rings is 1. The maximum atomic E-state index is 11.5. The highest BCUT2D eigenvalue weighted by molar-refractivity contribution is 7.91. The lowest BCUT2D eigenvalue weighted by Gasteiger charge is -2.49. The van der Waals surface area contributed by atoms with Crippen LogP contribution in [-0.2, 0) is 21.8 Å². The van der Waals surface area contributed by atoms with Crippen LogP contribution in [-0.4, -0.2) is 26.5 Å². The van der Waals surface area contributed by atoms with Gasteiger partial charge in [0.1, 0.15) is 9.84 Å². The molecule has 0 aromatic carbocycles. The molecular formula is C11H15NO2S2. The molecule has 0 atom stereocenters. The smallest absolute Gasteiger partial charge is 0.150 e. The zero-order chi connectivity index (χ0) is 11.4. The van der Waals surface area contributed by atoms with E-state index in [0.717, 1.165) is 25.8 Å². The van der Waals surface area contributed by atoms with Crippen LogP contribution in [0.1, 0.15) is 23.3 Å². The third kappa shape index (κ3) is 1.45. The van der Waals surface area contributed by atoms with Gasteiger partial charge >= 0.3 is 0 Å². The summed E-state index contributed by atoms with van der Waals surface area (Å²) in [5.41, 5.74) is 1.39. The first-order valence-electron chi connectivity index (χ1n) is 5.52. The van der Waals surface area contributed by atoms with E-state index < -0.39 is 9.84 Å². The van der Waals surface area contributed by atoms with E-state index in [9.17, 15) is 8.42 Å². The Hall–Kier alpha value is -0.390. The maximum Gasteiger partial charge on any atom is 0.150 e. The normalized spacial score (nSPS) is 33.4. The summed E-state index contributed by atoms with van der Waals surface area (Å²) in [5, 5.41) is 5.50. The molecule has 5 heteroatoms. The Morgan fingerprint density at radius 3 is 2.94 bits per heavy atom. The van der Waals surface area contributed by atoms with Crippen LogP contribution in [0.5, 0.6) is 0 Å². The summed E-state index contributed by atoms with van der Waals surface area (Å²) in [6, 6.07) is 2.18. The average Bonchev–Trinajstić information content (AvgIpc) is 2.59. The summed E-state index contributed by atoms with van der Waals surface area (Å²) in [6.07, 6.45) is 3.92. The van der Waals surface area contributed by atoms with Crippen molar-refractivity contribution in [1.29, 1.82) is 0 Å². The molecule has 16 heavy (non-hydrogen) atoms. The molecule has 1 aliphatic carbocycles. The van der Waals surface area contributed by atoms with E-state index in [4.69, 9.17) is 0 Å². The van der Waals surface area contributed by atoms with Crippen LogP contribution in [0.4, 0.5) is 0 Å². The minimum atomic E-state index is -2.86. The van der Waals surface area contributed by atoms with Gasteiger partial charge in [0, 0.05) is 17.7 Å². The highest BCUT2D eigenvalue weighted by Crippen LogP contribution is 2.49. The van der Waals surface area contributed by atoms with Gasteiger partial charge in [0.15, 0.2) is 0 Å². The van der Waals surface area contributed by atoms with Crippen molar-refractivity contribution in [2.24, 2.45) is 0 Å². The zero-order valence-corrected chi connectivity index (χ0v) is 10.8. The molecule has 88 valence electrons. The van der Waals surface area contributed by atoms with Gasteiger partial charge in [0.2, 0.25) is 0 Å². The van der Waals surface area contributed by atoms with Crippen molar-refractivity contribution in [2.45, 2.75) is 30.1 Å². The molecule has 0 unspecified atom stereocenters. The molecule has 1 aliphatic heterocycles. The van der Waals surface area contributed by atoms with E-state index in [2.05, 4.69) is 16.8 Å². The van der Waals surface area contributed by atoms with E-state index in [0.29, 0.717) is 0 Å². The molecule has 1 saturated carbocycles. The predicted molar refractivity (Wildman–Crippen MR) is 65.6 cm³/mol. The molecule has 0 bridgehead atoms. The summed E-state index contributed by atoms with van der Waals surface area (Å²) in [6.45, 7) is 0.972. The molecule has 3 nitrogen and oxygen atoms in total. The van der Waals surface area contributed by atoms with Crippen LogP contribution < -0.4 is 5.32 Å². The Kier molecular flexibility index (Phi) is 2.22. The standard InChI is InChI=1S/C11H15NO2S2/c1-16(13,14)9-6-11(7-9)10-8(2-4-12-11)3-5-15-10/h3,5,9,12H,2,4,6-7H2,1H3. The van der Waals surface area contributed by atoms with Gasteiger partial charge in [-0.1, -0.05) is 0 Å². The van der Waals surface area contributed by atoms with E-state index in [1.165, 1.54) is 16.7 Å². The fourth-order valence-corrected chi connectivity index (χ4v) is 5.15. The number of hydrogen-bond acceptors (Lipinski definition) is 4. The van der Waals surface area contributed by atoms with Gasteiger partial charge < -0.3 is 5.32 Å². The minimum Gasteiger partial charge on any atom is -0.306 e. The van der Waals surface area contributed by atoms with Gasteiger partial charge in [-0.2, -0.15) is 0 Å². The van der Waals surface area contributed by atoms with Crippen molar-refractivity contribution in [1.82, 2.24) is 5.32 Å².